The molecule has 8 heteroatoms. The zero-order chi connectivity index (χ0) is 17.6. The summed E-state index contributed by atoms with van der Waals surface area (Å²) in [7, 11) is 1.56. The van der Waals surface area contributed by atoms with E-state index in [0.29, 0.717) is 5.69 Å². The van der Waals surface area contributed by atoms with Gasteiger partial charge in [-0.25, -0.2) is 4.79 Å². The number of nitrogens with one attached hydrogen (secondary N) is 1. The predicted molar refractivity (Wildman–Crippen MR) is 91.1 cm³/mol. The molecule has 0 unspecified atom stereocenters. The Bertz CT molecular complexity index is 1210. The van der Waals surface area contributed by atoms with Crippen LogP contribution in [0.1, 0.15) is 5.69 Å². The van der Waals surface area contributed by atoms with Crippen molar-refractivity contribution < 1.29 is 4.52 Å². The summed E-state index contributed by atoms with van der Waals surface area (Å²) in [5.74, 6) is 0.409. The molecule has 0 amide bonds. The van der Waals surface area contributed by atoms with E-state index in [2.05, 4.69) is 20.1 Å². The van der Waals surface area contributed by atoms with E-state index in [0.717, 1.165) is 16.5 Å². The van der Waals surface area contributed by atoms with Crippen molar-refractivity contribution in [3.63, 3.8) is 0 Å². The zero-order valence-electron chi connectivity index (χ0n) is 13.5. The van der Waals surface area contributed by atoms with Crippen LogP contribution in [-0.2, 0) is 7.05 Å². The van der Waals surface area contributed by atoms with Crippen LogP contribution < -0.4 is 11.2 Å². The summed E-state index contributed by atoms with van der Waals surface area (Å²) in [5, 5.41) is 4.79. The fourth-order valence-corrected chi connectivity index (χ4v) is 2.71. The number of pyridine rings is 1. The minimum Gasteiger partial charge on any atom is -0.334 e. The molecule has 25 heavy (non-hydrogen) atoms. The van der Waals surface area contributed by atoms with Gasteiger partial charge in [-0.3, -0.25) is 14.8 Å². The SMILES string of the molecule is Cc1c(-c2noc(-c3ccnc4ccccc34)n2)c(=O)[nH]c(=O)n1C. The summed E-state index contributed by atoms with van der Waals surface area (Å²) in [5.41, 5.74) is 1.15. The minimum atomic E-state index is -0.549. The lowest BCUT2D eigenvalue weighted by Gasteiger charge is -2.05. The molecule has 0 aliphatic heterocycles. The summed E-state index contributed by atoms with van der Waals surface area (Å²) in [6, 6.07) is 9.36. The van der Waals surface area contributed by atoms with Gasteiger partial charge in [0.05, 0.1) is 11.1 Å². The quantitative estimate of drug-likeness (QED) is 0.597. The lowest BCUT2D eigenvalue weighted by atomic mass is 10.1. The number of hydrogen-bond acceptors (Lipinski definition) is 6. The van der Waals surface area contributed by atoms with Crippen molar-refractivity contribution in [1.82, 2.24) is 24.7 Å². The van der Waals surface area contributed by atoms with Crippen LogP contribution in [0.15, 0.2) is 50.6 Å². The van der Waals surface area contributed by atoms with Crippen molar-refractivity contribution in [3.8, 4) is 22.8 Å². The second-order valence-corrected chi connectivity index (χ2v) is 5.58. The van der Waals surface area contributed by atoms with Crippen molar-refractivity contribution in [1.29, 1.82) is 0 Å². The monoisotopic (exact) mass is 335 g/mol. The van der Waals surface area contributed by atoms with Crippen LogP contribution in [0.25, 0.3) is 33.7 Å². The zero-order valence-corrected chi connectivity index (χ0v) is 13.5. The normalized spacial score (nSPS) is 11.1. The van der Waals surface area contributed by atoms with E-state index in [1.165, 1.54) is 4.57 Å². The largest absolute Gasteiger partial charge is 0.334 e. The van der Waals surface area contributed by atoms with Crippen LogP contribution >= 0.6 is 0 Å². The van der Waals surface area contributed by atoms with E-state index in [9.17, 15) is 9.59 Å². The lowest BCUT2D eigenvalue weighted by molar-refractivity contribution is 0.432. The van der Waals surface area contributed by atoms with E-state index in [4.69, 9.17) is 4.52 Å². The maximum Gasteiger partial charge on any atom is 0.328 e. The molecular formula is C17H13N5O3. The summed E-state index contributed by atoms with van der Waals surface area (Å²) in [6.07, 6.45) is 1.66. The Labute approximate surface area is 140 Å². The first-order chi connectivity index (χ1) is 12.1. The Hall–Kier alpha value is -3.55. The molecule has 3 heterocycles. The smallest absolute Gasteiger partial charge is 0.328 e. The number of hydrogen-bond donors (Lipinski definition) is 1. The second kappa shape index (κ2) is 5.52. The molecule has 4 rings (SSSR count). The van der Waals surface area contributed by atoms with Gasteiger partial charge < -0.3 is 9.09 Å². The third-order valence-electron chi connectivity index (χ3n) is 4.15. The summed E-state index contributed by atoms with van der Waals surface area (Å²) in [4.78, 5) is 34.7. The number of benzene rings is 1. The van der Waals surface area contributed by atoms with E-state index < -0.39 is 11.2 Å². The molecule has 0 saturated heterocycles. The molecule has 0 fully saturated rings. The molecular weight excluding hydrogens is 322 g/mol. The van der Waals surface area contributed by atoms with E-state index >= 15 is 0 Å². The molecule has 8 nitrogen and oxygen atoms in total. The number of rotatable bonds is 2. The van der Waals surface area contributed by atoms with Crippen LogP contribution in [0, 0.1) is 6.92 Å². The first-order valence-corrected chi connectivity index (χ1v) is 7.54. The standard InChI is InChI=1S/C17H13N5O3/c1-9-13(15(23)20-17(24)22(9)2)14-19-16(25-21-14)11-7-8-18-12-6-4-3-5-10(11)12/h3-8H,1-2H3,(H,20,23,24). The number of aromatic amines is 1. The fraction of sp³-hybridized carbons (Fsp3) is 0.118. The van der Waals surface area contributed by atoms with Gasteiger partial charge in [0.1, 0.15) is 5.56 Å². The van der Waals surface area contributed by atoms with Gasteiger partial charge in [-0.1, -0.05) is 23.4 Å². The molecule has 1 aromatic carbocycles. The van der Waals surface area contributed by atoms with Crippen LogP contribution in [-0.4, -0.2) is 24.7 Å². The maximum absolute atomic E-state index is 12.2. The van der Waals surface area contributed by atoms with Crippen LogP contribution in [0.4, 0.5) is 0 Å². The van der Waals surface area contributed by atoms with Gasteiger partial charge in [-0.2, -0.15) is 4.98 Å². The summed E-state index contributed by atoms with van der Waals surface area (Å²) >= 11 is 0. The van der Waals surface area contributed by atoms with Gasteiger partial charge in [0.2, 0.25) is 5.82 Å². The molecule has 0 spiro atoms. The van der Waals surface area contributed by atoms with Gasteiger partial charge >= 0.3 is 5.69 Å². The summed E-state index contributed by atoms with van der Waals surface area (Å²) < 4.78 is 6.69. The van der Waals surface area contributed by atoms with Gasteiger partial charge in [-0.05, 0) is 19.1 Å². The number of aromatic nitrogens is 5. The van der Waals surface area contributed by atoms with Gasteiger partial charge in [0.15, 0.2) is 0 Å². The topological polar surface area (TPSA) is 107 Å². The first-order valence-electron chi connectivity index (χ1n) is 7.54. The van der Waals surface area contributed by atoms with E-state index in [-0.39, 0.29) is 17.3 Å². The van der Waals surface area contributed by atoms with Crippen LogP contribution in [0.3, 0.4) is 0 Å². The van der Waals surface area contributed by atoms with Crippen molar-refractivity contribution >= 4 is 10.9 Å². The van der Waals surface area contributed by atoms with E-state index in [1.807, 2.05) is 24.3 Å². The average Bonchev–Trinajstić information content (AvgIpc) is 3.09. The molecule has 4 aromatic rings. The second-order valence-electron chi connectivity index (χ2n) is 5.58. The number of fused-ring (bicyclic) bond motifs is 1. The third kappa shape index (κ3) is 2.35. The van der Waals surface area contributed by atoms with Crippen LogP contribution in [0.5, 0.6) is 0 Å². The molecule has 1 N–H and O–H groups in total. The van der Waals surface area contributed by atoms with Crippen molar-refractivity contribution in [2.75, 3.05) is 0 Å². The Kier molecular flexibility index (Phi) is 3.31. The predicted octanol–water partition coefficient (Wildman–Crippen LogP) is 1.65. The molecule has 0 radical (unpaired) electrons. The molecule has 3 aromatic heterocycles. The lowest BCUT2D eigenvalue weighted by Crippen LogP contribution is -2.31. The maximum atomic E-state index is 12.2. The number of nitrogens with zero attached hydrogens (tertiary/aromatic N) is 4. The highest BCUT2D eigenvalue weighted by atomic mass is 16.5. The highest BCUT2D eigenvalue weighted by Gasteiger charge is 2.19. The third-order valence-corrected chi connectivity index (χ3v) is 4.15. The molecule has 0 atom stereocenters. The van der Waals surface area contributed by atoms with Gasteiger partial charge in [-0.15, -0.1) is 0 Å². The molecule has 0 bridgehead atoms. The Morgan fingerprint density at radius 1 is 1.16 bits per heavy atom. The minimum absolute atomic E-state index is 0.130. The average molecular weight is 335 g/mol. The van der Waals surface area contributed by atoms with Gasteiger partial charge in [0, 0.05) is 24.3 Å². The van der Waals surface area contributed by atoms with Crippen molar-refractivity contribution in [2.24, 2.45) is 7.05 Å². The summed E-state index contributed by atoms with van der Waals surface area (Å²) in [6.45, 7) is 1.66. The Morgan fingerprint density at radius 2 is 1.96 bits per heavy atom. The Morgan fingerprint density at radius 3 is 2.80 bits per heavy atom. The van der Waals surface area contributed by atoms with E-state index in [1.54, 1.807) is 26.2 Å². The van der Waals surface area contributed by atoms with Crippen molar-refractivity contribution in [2.45, 2.75) is 6.92 Å². The number of para-hydroxylation sites is 1. The Balaban J connectivity index is 1.91. The van der Waals surface area contributed by atoms with Crippen LogP contribution in [0.2, 0.25) is 0 Å². The first kappa shape index (κ1) is 15.0. The number of H-pyrrole nitrogens is 1. The van der Waals surface area contributed by atoms with Crippen molar-refractivity contribution in [3.05, 3.63) is 63.1 Å². The highest BCUT2D eigenvalue weighted by molar-refractivity contribution is 5.92. The highest BCUT2D eigenvalue weighted by Crippen LogP contribution is 2.27. The fourth-order valence-electron chi connectivity index (χ4n) is 2.71. The molecule has 0 aliphatic carbocycles. The molecule has 0 saturated carbocycles. The van der Waals surface area contributed by atoms with Gasteiger partial charge in [0.25, 0.3) is 11.4 Å². The molecule has 0 aliphatic rings. The molecule has 124 valence electrons.